The Morgan fingerprint density at radius 2 is 2.00 bits per heavy atom. The lowest BCUT2D eigenvalue weighted by molar-refractivity contribution is 0.159. The van der Waals surface area contributed by atoms with Gasteiger partial charge < -0.3 is 15.6 Å². The number of nitrogens with zero attached hydrogens (tertiary/aromatic N) is 2. The first-order valence-electron chi connectivity index (χ1n) is 7.70. The van der Waals surface area contributed by atoms with Crippen LogP contribution in [0.5, 0.6) is 0 Å². The van der Waals surface area contributed by atoms with Gasteiger partial charge in [-0.05, 0) is 39.2 Å². The smallest absolute Gasteiger partial charge is 0.256 e. The predicted molar refractivity (Wildman–Crippen MR) is 79.8 cm³/mol. The van der Waals surface area contributed by atoms with E-state index in [-0.39, 0.29) is 5.56 Å². The molecular weight excluding hydrogens is 252 g/mol. The molecule has 3 N–H and O–H groups in total. The number of aromatic nitrogens is 2. The lowest BCUT2D eigenvalue weighted by atomic mass is 9.90. The minimum atomic E-state index is -0.0411. The summed E-state index contributed by atoms with van der Waals surface area (Å²) in [6.07, 6.45) is 6.32. The Balaban J connectivity index is 1.87. The summed E-state index contributed by atoms with van der Waals surface area (Å²) in [4.78, 5) is 22.1. The zero-order valence-corrected chi connectivity index (χ0v) is 12.4. The first-order chi connectivity index (χ1) is 9.60. The Kier molecular flexibility index (Phi) is 3.54. The van der Waals surface area contributed by atoms with Gasteiger partial charge >= 0.3 is 0 Å². The molecule has 0 aliphatic carbocycles. The van der Waals surface area contributed by atoms with E-state index in [0.717, 1.165) is 25.1 Å². The topological polar surface area (TPSA) is 75.0 Å². The molecule has 5 heteroatoms. The summed E-state index contributed by atoms with van der Waals surface area (Å²) in [5.41, 5.74) is 6.59. The van der Waals surface area contributed by atoms with Crippen LogP contribution >= 0.6 is 0 Å². The molecule has 110 valence electrons. The van der Waals surface area contributed by atoms with Crippen molar-refractivity contribution in [2.24, 2.45) is 0 Å². The number of aromatic amines is 1. The highest BCUT2D eigenvalue weighted by Crippen LogP contribution is 2.41. The van der Waals surface area contributed by atoms with Crippen LogP contribution in [0.1, 0.15) is 56.3 Å². The average Bonchev–Trinajstić information content (AvgIpc) is 2.65. The Labute approximate surface area is 119 Å². The fourth-order valence-electron chi connectivity index (χ4n) is 3.85. The summed E-state index contributed by atoms with van der Waals surface area (Å²) in [6, 6.07) is 1.28. The van der Waals surface area contributed by atoms with Gasteiger partial charge in [-0.25, -0.2) is 4.98 Å². The van der Waals surface area contributed by atoms with Crippen LogP contribution in [-0.2, 0) is 6.42 Å². The van der Waals surface area contributed by atoms with E-state index < -0.39 is 0 Å². The molecule has 1 aromatic rings. The van der Waals surface area contributed by atoms with Crippen molar-refractivity contribution in [3.05, 3.63) is 21.7 Å². The van der Waals surface area contributed by atoms with Gasteiger partial charge in [0.05, 0.1) is 5.56 Å². The van der Waals surface area contributed by atoms with Gasteiger partial charge in [0.15, 0.2) is 0 Å². The second kappa shape index (κ2) is 5.20. The van der Waals surface area contributed by atoms with Crippen LogP contribution in [0.3, 0.4) is 0 Å². The van der Waals surface area contributed by atoms with Crippen LogP contribution in [0.15, 0.2) is 4.79 Å². The van der Waals surface area contributed by atoms with E-state index in [2.05, 4.69) is 21.9 Å². The summed E-state index contributed by atoms with van der Waals surface area (Å²) >= 11 is 0. The summed E-state index contributed by atoms with van der Waals surface area (Å²) in [6.45, 7) is 2.04. The SMILES string of the molecule is CCCc1c(N)nc(C2CC3CCC(C2)N3C)[nH]c1=O. The molecular formula is C15H24N4O. The molecule has 2 aliphatic heterocycles. The summed E-state index contributed by atoms with van der Waals surface area (Å²) in [7, 11) is 2.22. The van der Waals surface area contributed by atoms with Gasteiger partial charge in [0.1, 0.15) is 11.6 Å². The molecule has 5 nitrogen and oxygen atoms in total. The van der Waals surface area contributed by atoms with Crippen molar-refractivity contribution in [3.63, 3.8) is 0 Å². The third-order valence-corrected chi connectivity index (χ3v) is 5.05. The van der Waals surface area contributed by atoms with E-state index in [4.69, 9.17) is 5.73 Å². The van der Waals surface area contributed by atoms with E-state index >= 15 is 0 Å². The number of rotatable bonds is 3. The molecule has 2 atom stereocenters. The van der Waals surface area contributed by atoms with Crippen molar-refractivity contribution in [1.82, 2.24) is 14.9 Å². The van der Waals surface area contributed by atoms with Gasteiger partial charge in [-0.1, -0.05) is 13.3 Å². The van der Waals surface area contributed by atoms with Crippen LogP contribution in [0.2, 0.25) is 0 Å². The molecule has 2 fully saturated rings. The van der Waals surface area contributed by atoms with Crippen molar-refractivity contribution in [1.29, 1.82) is 0 Å². The van der Waals surface area contributed by atoms with Crippen LogP contribution in [0.4, 0.5) is 5.82 Å². The number of anilines is 1. The number of nitrogens with two attached hydrogens (primary N) is 1. The Morgan fingerprint density at radius 3 is 2.55 bits per heavy atom. The number of nitrogen functional groups attached to an aromatic ring is 1. The van der Waals surface area contributed by atoms with E-state index in [1.807, 2.05) is 6.92 Å². The van der Waals surface area contributed by atoms with E-state index in [1.165, 1.54) is 12.8 Å². The zero-order valence-electron chi connectivity index (χ0n) is 12.4. The van der Waals surface area contributed by atoms with Crippen LogP contribution in [-0.4, -0.2) is 34.0 Å². The standard InChI is InChI=1S/C15H24N4O/c1-3-4-12-13(16)17-14(18-15(12)20)9-7-10-5-6-11(8-9)19(10)2/h9-11H,3-8H2,1-2H3,(H3,16,17,18,20). The highest BCUT2D eigenvalue weighted by Gasteiger charge is 2.39. The molecule has 0 amide bonds. The number of fused-ring (bicyclic) bond motifs is 2. The lowest BCUT2D eigenvalue weighted by Crippen LogP contribution is -2.40. The minimum absolute atomic E-state index is 0.0411. The van der Waals surface area contributed by atoms with Gasteiger partial charge in [0, 0.05) is 18.0 Å². The summed E-state index contributed by atoms with van der Waals surface area (Å²) < 4.78 is 0. The largest absolute Gasteiger partial charge is 0.383 e. The minimum Gasteiger partial charge on any atom is -0.383 e. The number of hydrogen-bond acceptors (Lipinski definition) is 4. The van der Waals surface area contributed by atoms with Crippen LogP contribution < -0.4 is 11.3 Å². The van der Waals surface area contributed by atoms with E-state index in [9.17, 15) is 4.79 Å². The van der Waals surface area contributed by atoms with Crippen LogP contribution in [0, 0.1) is 0 Å². The lowest BCUT2D eigenvalue weighted by Gasteiger charge is -2.35. The molecule has 2 bridgehead atoms. The van der Waals surface area contributed by atoms with Crippen molar-refractivity contribution in [2.75, 3.05) is 12.8 Å². The normalized spacial score (nSPS) is 29.8. The molecule has 20 heavy (non-hydrogen) atoms. The third kappa shape index (κ3) is 2.24. The molecule has 1 aromatic heterocycles. The molecule has 0 aromatic carbocycles. The maximum absolute atomic E-state index is 12.2. The van der Waals surface area contributed by atoms with Crippen molar-refractivity contribution in [3.8, 4) is 0 Å². The Morgan fingerprint density at radius 1 is 1.35 bits per heavy atom. The van der Waals surface area contributed by atoms with E-state index in [1.54, 1.807) is 0 Å². The summed E-state index contributed by atoms with van der Waals surface area (Å²) in [5, 5.41) is 0. The Hall–Kier alpha value is -1.36. The first kappa shape index (κ1) is 13.6. The van der Waals surface area contributed by atoms with Gasteiger partial charge in [-0.3, -0.25) is 4.79 Å². The fraction of sp³-hybridized carbons (Fsp3) is 0.733. The number of H-pyrrole nitrogens is 1. The van der Waals surface area contributed by atoms with Gasteiger partial charge in [0.25, 0.3) is 5.56 Å². The molecule has 2 aliphatic rings. The molecule has 3 rings (SSSR count). The molecule has 3 heterocycles. The maximum atomic E-state index is 12.2. The molecule has 2 saturated heterocycles. The zero-order chi connectivity index (χ0) is 14.3. The van der Waals surface area contributed by atoms with Crippen molar-refractivity contribution < 1.29 is 0 Å². The molecule has 0 radical (unpaired) electrons. The van der Waals surface area contributed by atoms with E-state index in [0.29, 0.717) is 35.8 Å². The number of piperidine rings is 1. The van der Waals surface area contributed by atoms with Gasteiger partial charge in [-0.15, -0.1) is 0 Å². The molecule has 2 unspecified atom stereocenters. The highest BCUT2D eigenvalue weighted by molar-refractivity contribution is 5.38. The van der Waals surface area contributed by atoms with Crippen molar-refractivity contribution in [2.45, 2.75) is 63.5 Å². The number of hydrogen-bond donors (Lipinski definition) is 2. The second-order valence-electron chi connectivity index (χ2n) is 6.28. The summed E-state index contributed by atoms with van der Waals surface area (Å²) in [5.74, 6) is 1.59. The third-order valence-electron chi connectivity index (χ3n) is 5.05. The quantitative estimate of drug-likeness (QED) is 0.880. The maximum Gasteiger partial charge on any atom is 0.256 e. The second-order valence-corrected chi connectivity index (χ2v) is 6.28. The van der Waals surface area contributed by atoms with Gasteiger partial charge in [0.2, 0.25) is 0 Å². The monoisotopic (exact) mass is 276 g/mol. The number of nitrogens with one attached hydrogen (secondary N) is 1. The molecule has 0 spiro atoms. The predicted octanol–water partition coefficient (Wildman–Crippen LogP) is 1.64. The van der Waals surface area contributed by atoms with Gasteiger partial charge in [-0.2, -0.15) is 0 Å². The highest BCUT2D eigenvalue weighted by atomic mass is 16.1. The average molecular weight is 276 g/mol. The fourth-order valence-corrected chi connectivity index (χ4v) is 3.85. The van der Waals surface area contributed by atoms with Crippen LogP contribution in [0.25, 0.3) is 0 Å². The first-order valence-corrected chi connectivity index (χ1v) is 7.70. The van der Waals surface area contributed by atoms with Crippen molar-refractivity contribution >= 4 is 5.82 Å². The molecule has 0 saturated carbocycles. The Bertz CT molecular complexity index is 539.